The Hall–Kier alpha value is -2.78. The normalized spacial score (nSPS) is 12.5. The van der Waals surface area contributed by atoms with Crippen LogP contribution in [-0.4, -0.2) is 56.6 Å². The van der Waals surface area contributed by atoms with E-state index in [0.717, 1.165) is 11.8 Å². The summed E-state index contributed by atoms with van der Waals surface area (Å²) in [5.74, 6) is 0.183. The summed E-state index contributed by atoms with van der Waals surface area (Å²) in [6.45, 7) is 9.42. The molecule has 0 fully saturated rings. The van der Waals surface area contributed by atoms with E-state index in [9.17, 15) is 18.0 Å². The highest BCUT2D eigenvalue weighted by Gasteiger charge is 2.29. The van der Waals surface area contributed by atoms with Gasteiger partial charge in [0.1, 0.15) is 11.8 Å². The Bertz CT molecular complexity index is 1190. The van der Waals surface area contributed by atoms with Crippen LogP contribution in [0.2, 0.25) is 5.02 Å². The third-order valence-electron chi connectivity index (χ3n) is 5.84. The molecular weight excluding hydrogens is 514 g/mol. The Labute approximate surface area is 226 Å². The number of benzene rings is 2. The Morgan fingerprint density at radius 1 is 1.11 bits per heavy atom. The number of ether oxygens (including phenoxy) is 1. The minimum Gasteiger partial charge on any atom is -0.497 e. The van der Waals surface area contributed by atoms with Crippen molar-refractivity contribution in [2.75, 3.05) is 24.2 Å². The Morgan fingerprint density at radius 3 is 2.27 bits per heavy atom. The minimum absolute atomic E-state index is 0.0644. The van der Waals surface area contributed by atoms with Crippen molar-refractivity contribution in [3.63, 3.8) is 0 Å². The zero-order chi connectivity index (χ0) is 28.0. The topological polar surface area (TPSA) is 96.0 Å². The number of anilines is 1. The third kappa shape index (κ3) is 8.93. The molecule has 2 amide bonds. The maximum atomic E-state index is 13.4. The van der Waals surface area contributed by atoms with Gasteiger partial charge in [-0.1, -0.05) is 29.8 Å². The molecule has 2 aromatic carbocycles. The molecule has 0 aromatic heterocycles. The third-order valence-corrected chi connectivity index (χ3v) is 7.43. The van der Waals surface area contributed by atoms with Gasteiger partial charge in [0.2, 0.25) is 21.8 Å². The van der Waals surface area contributed by atoms with Gasteiger partial charge in [0.05, 0.1) is 19.1 Å². The number of hydrogen-bond acceptors (Lipinski definition) is 5. The van der Waals surface area contributed by atoms with E-state index in [1.54, 1.807) is 51.3 Å². The minimum atomic E-state index is -3.61. The van der Waals surface area contributed by atoms with E-state index in [1.807, 2.05) is 32.9 Å². The monoisotopic (exact) mass is 551 g/mol. The van der Waals surface area contributed by atoms with Gasteiger partial charge < -0.3 is 15.0 Å². The first-order valence-electron chi connectivity index (χ1n) is 12.1. The molecule has 0 saturated carbocycles. The average Bonchev–Trinajstić information content (AvgIpc) is 2.80. The van der Waals surface area contributed by atoms with Gasteiger partial charge in [-0.25, -0.2) is 8.42 Å². The molecule has 0 aliphatic heterocycles. The molecule has 0 heterocycles. The molecule has 2 rings (SSSR count). The molecule has 0 bridgehead atoms. The van der Waals surface area contributed by atoms with Crippen LogP contribution in [0, 0.1) is 6.92 Å². The van der Waals surface area contributed by atoms with Gasteiger partial charge in [-0.2, -0.15) is 0 Å². The van der Waals surface area contributed by atoms with Crippen LogP contribution in [0.15, 0.2) is 42.5 Å². The van der Waals surface area contributed by atoms with Crippen LogP contribution in [-0.2, 0) is 26.2 Å². The number of amides is 2. The predicted molar refractivity (Wildman–Crippen MR) is 149 cm³/mol. The first-order chi connectivity index (χ1) is 17.1. The second-order valence-electron chi connectivity index (χ2n) is 10.1. The van der Waals surface area contributed by atoms with E-state index >= 15 is 0 Å². The highest BCUT2D eigenvalue weighted by Crippen LogP contribution is 2.28. The van der Waals surface area contributed by atoms with Crippen LogP contribution in [0.4, 0.5) is 5.69 Å². The van der Waals surface area contributed by atoms with Crippen LogP contribution in [0.25, 0.3) is 0 Å². The molecule has 8 nitrogen and oxygen atoms in total. The van der Waals surface area contributed by atoms with E-state index in [1.165, 1.54) is 9.21 Å². The van der Waals surface area contributed by atoms with Gasteiger partial charge in [0.25, 0.3) is 0 Å². The standard InChI is InChI=1S/C27H38ClN3O5S/c1-19-23(28)10-8-11-24(19)31(37(7,34)35)17-9-12-25(32)30(20(2)26(33)29-27(3,4)5)18-21-13-15-22(36-6)16-14-21/h8,10-11,13-16,20H,9,12,17-18H2,1-7H3,(H,29,33). The number of sulfonamides is 1. The van der Waals surface area contributed by atoms with Gasteiger partial charge in [0, 0.05) is 30.1 Å². The summed E-state index contributed by atoms with van der Waals surface area (Å²) in [6, 6.07) is 11.7. The van der Waals surface area contributed by atoms with E-state index in [4.69, 9.17) is 16.3 Å². The highest BCUT2D eigenvalue weighted by molar-refractivity contribution is 7.92. The molecule has 0 aliphatic rings. The fourth-order valence-electron chi connectivity index (χ4n) is 3.83. The molecule has 0 saturated heterocycles. The summed E-state index contributed by atoms with van der Waals surface area (Å²) < 4.78 is 31.6. The Balaban J connectivity index is 2.23. The molecule has 0 spiro atoms. The maximum absolute atomic E-state index is 13.4. The molecule has 204 valence electrons. The summed E-state index contributed by atoms with van der Waals surface area (Å²) in [6.07, 6.45) is 1.46. The van der Waals surface area contributed by atoms with Crippen LogP contribution in [0.5, 0.6) is 5.75 Å². The van der Waals surface area contributed by atoms with Crippen LogP contribution in [0.3, 0.4) is 0 Å². The molecule has 1 N–H and O–H groups in total. The lowest BCUT2D eigenvalue weighted by atomic mass is 10.1. The molecule has 0 radical (unpaired) electrons. The SMILES string of the molecule is COc1ccc(CN(C(=O)CCCN(c2cccc(Cl)c2C)S(C)(=O)=O)C(C)C(=O)NC(C)(C)C)cc1. The largest absolute Gasteiger partial charge is 0.497 e. The van der Waals surface area contributed by atoms with Gasteiger partial charge in [0.15, 0.2) is 0 Å². The van der Waals surface area contributed by atoms with Crippen molar-refractivity contribution in [3.8, 4) is 5.75 Å². The number of halogens is 1. The van der Waals surface area contributed by atoms with E-state index in [0.29, 0.717) is 22.0 Å². The Morgan fingerprint density at radius 2 is 1.73 bits per heavy atom. The lowest BCUT2D eigenvalue weighted by Crippen LogP contribution is -2.52. The van der Waals surface area contributed by atoms with Crippen molar-refractivity contribution in [2.24, 2.45) is 0 Å². The number of carbonyl (C=O) groups is 2. The average molecular weight is 552 g/mol. The van der Waals surface area contributed by atoms with Crippen LogP contribution in [0.1, 0.15) is 51.7 Å². The fraction of sp³-hybridized carbons (Fsp3) is 0.481. The van der Waals surface area contributed by atoms with Crippen molar-refractivity contribution in [1.29, 1.82) is 0 Å². The van der Waals surface area contributed by atoms with Crippen molar-refractivity contribution in [2.45, 2.75) is 65.6 Å². The van der Waals surface area contributed by atoms with Crippen LogP contribution >= 0.6 is 11.6 Å². The summed E-state index contributed by atoms with van der Waals surface area (Å²) in [4.78, 5) is 27.9. The molecular formula is C27H38ClN3O5S. The lowest BCUT2D eigenvalue weighted by Gasteiger charge is -2.32. The van der Waals surface area contributed by atoms with Gasteiger partial charge >= 0.3 is 0 Å². The van der Waals surface area contributed by atoms with Crippen molar-refractivity contribution >= 4 is 39.1 Å². The Kier molecular flexibility index (Phi) is 10.4. The smallest absolute Gasteiger partial charge is 0.242 e. The van der Waals surface area contributed by atoms with Crippen molar-refractivity contribution in [3.05, 3.63) is 58.6 Å². The van der Waals surface area contributed by atoms with E-state index in [2.05, 4.69) is 5.32 Å². The van der Waals surface area contributed by atoms with Gasteiger partial charge in [-0.3, -0.25) is 13.9 Å². The molecule has 1 atom stereocenters. The number of hydrogen-bond donors (Lipinski definition) is 1. The number of methoxy groups -OCH3 is 1. The fourth-order valence-corrected chi connectivity index (χ4v) is 5.02. The van der Waals surface area contributed by atoms with Crippen LogP contribution < -0.4 is 14.4 Å². The highest BCUT2D eigenvalue weighted by atomic mass is 35.5. The number of rotatable bonds is 11. The first-order valence-corrected chi connectivity index (χ1v) is 14.3. The zero-order valence-electron chi connectivity index (χ0n) is 22.7. The molecule has 2 aromatic rings. The second-order valence-corrected chi connectivity index (χ2v) is 12.4. The lowest BCUT2D eigenvalue weighted by molar-refractivity contribution is -0.141. The van der Waals surface area contributed by atoms with Crippen molar-refractivity contribution in [1.82, 2.24) is 10.2 Å². The maximum Gasteiger partial charge on any atom is 0.242 e. The zero-order valence-corrected chi connectivity index (χ0v) is 24.2. The first kappa shape index (κ1) is 30.4. The summed E-state index contributed by atoms with van der Waals surface area (Å²) in [5, 5.41) is 3.40. The number of carbonyl (C=O) groups excluding carboxylic acids is 2. The predicted octanol–water partition coefficient (Wildman–Crippen LogP) is 4.54. The van der Waals surface area contributed by atoms with Crippen molar-refractivity contribution < 1.29 is 22.7 Å². The molecule has 37 heavy (non-hydrogen) atoms. The second kappa shape index (κ2) is 12.6. The molecule has 1 unspecified atom stereocenters. The summed E-state index contributed by atoms with van der Waals surface area (Å²) >= 11 is 6.21. The van der Waals surface area contributed by atoms with E-state index in [-0.39, 0.29) is 37.7 Å². The molecule has 10 heteroatoms. The van der Waals surface area contributed by atoms with Gasteiger partial charge in [-0.15, -0.1) is 0 Å². The van der Waals surface area contributed by atoms with E-state index < -0.39 is 21.6 Å². The molecule has 0 aliphatic carbocycles. The quantitative estimate of drug-likeness (QED) is 0.442. The van der Waals surface area contributed by atoms with Gasteiger partial charge in [-0.05, 0) is 76.4 Å². The summed E-state index contributed by atoms with van der Waals surface area (Å²) in [7, 11) is -2.03. The number of nitrogens with zero attached hydrogens (tertiary/aromatic N) is 2. The number of nitrogens with one attached hydrogen (secondary N) is 1. The summed E-state index contributed by atoms with van der Waals surface area (Å²) in [5.41, 5.74) is 1.52.